The first-order valence-electron chi connectivity index (χ1n) is 8.33. The van der Waals surface area contributed by atoms with Gasteiger partial charge in [0.15, 0.2) is 0 Å². The van der Waals surface area contributed by atoms with E-state index in [1.54, 1.807) is 43.1 Å². The molecule has 0 amide bonds. The summed E-state index contributed by atoms with van der Waals surface area (Å²) in [5.74, 6) is 0.617. The molecule has 0 radical (unpaired) electrons. The summed E-state index contributed by atoms with van der Waals surface area (Å²) in [4.78, 5) is 13.4. The van der Waals surface area contributed by atoms with Gasteiger partial charge in [-0.25, -0.2) is 0 Å². The number of likely N-dealkylation sites (N-methyl/N-ethyl adjacent to an activating group) is 1. The van der Waals surface area contributed by atoms with E-state index < -0.39 is 12.0 Å². The third kappa shape index (κ3) is 4.50. The fraction of sp³-hybridized carbons (Fsp3) is 0.333. The molecule has 2 heterocycles. The van der Waals surface area contributed by atoms with Crippen LogP contribution in [-0.2, 0) is 17.9 Å². The minimum absolute atomic E-state index is 0.224. The van der Waals surface area contributed by atoms with Crippen LogP contribution in [0.15, 0.2) is 41.1 Å². The number of benzene rings is 1. The van der Waals surface area contributed by atoms with E-state index in [-0.39, 0.29) is 6.54 Å². The summed E-state index contributed by atoms with van der Waals surface area (Å²) in [5, 5.41) is 21.7. The number of nitrogens with zero attached hydrogens (tertiary/aromatic N) is 5. The molecule has 0 aliphatic heterocycles. The summed E-state index contributed by atoms with van der Waals surface area (Å²) < 4.78 is 12.2. The van der Waals surface area contributed by atoms with Crippen LogP contribution in [0.2, 0.25) is 0 Å². The minimum atomic E-state index is -0.974. The second-order valence-corrected chi connectivity index (χ2v) is 6.19. The quantitative estimate of drug-likeness (QED) is 0.640. The molecule has 0 saturated heterocycles. The number of carbonyl (C=O) groups is 1. The molecule has 0 aliphatic carbocycles. The second-order valence-electron chi connectivity index (χ2n) is 6.19. The topological polar surface area (TPSA) is 107 Å². The number of aliphatic carboxylic acids is 1. The van der Waals surface area contributed by atoms with Crippen molar-refractivity contribution in [3.8, 4) is 5.75 Å². The van der Waals surface area contributed by atoms with E-state index in [1.165, 1.54) is 0 Å². The number of ether oxygens (including phenoxy) is 1. The maximum absolute atomic E-state index is 11.8. The van der Waals surface area contributed by atoms with Gasteiger partial charge in [-0.15, -0.1) is 10.2 Å². The van der Waals surface area contributed by atoms with Crippen molar-refractivity contribution in [1.82, 2.24) is 24.9 Å². The molecular weight excluding hydrogens is 350 g/mol. The van der Waals surface area contributed by atoms with Gasteiger partial charge in [0.2, 0.25) is 11.8 Å². The Balaban J connectivity index is 1.73. The van der Waals surface area contributed by atoms with Gasteiger partial charge in [-0.1, -0.05) is 12.1 Å². The molecule has 142 valence electrons. The molecule has 3 aromatic rings. The Kier molecular flexibility index (Phi) is 5.51. The average molecular weight is 371 g/mol. The van der Waals surface area contributed by atoms with Gasteiger partial charge in [0.25, 0.3) is 0 Å². The number of carboxylic acids is 1. The second kappa shape index (κ2) is 8.00. The number of aromatic nitrogens is 4. The summed E-state index contributed by atoms with van der Waals surface area (Å²) in [6, 6.07) is 6.76. The molecule has 9 nitrogen and oxygen atoms in total. The lowest BCUT2D eigenvalue weighted by Gasteiger charge is -2.21. The van der Waals surface area contributed by atoms with Crippen LogP contribution in [0.25, 0.3) is 0 Å². The van der Waals surface area contributed by atoms with Crippen LogP contribution >= 0.6 is 0 Å². The van der Waals surface area contributed by atoms with Crippen LogP contribution in [0.5, 0.6) is 5.75 Å². The highest BCUT2D eigenvalue weighted by atomic mass is 16.5. The zero-order valence-corrected chi connectivity index (χ0v) is 15.4. The van der Waals surface area contributed by atoms with Crippen LogP contribution < -0.4 is 4.74 Å². The third-order valence-corrected chi connectivity index (χ3v) is 4.10. The number of hydrogen-bond donors (Lipinski definition) is 1. The van der Waals surface area contributed by atoms with Crippen molar-refractivity contribution in [3.05, 3.63) is 59.6 Å². The molecule has 9 heteroatoms. The zero-order valence-electron chi connectivity index (χ0n) is 15.4. The fourth-order valence-corrected chi connectivity index (χ4v) is 2.82. The Hall–Kier alpha value is -3.20. The summed E-state index contributed by atoms with van der Waals surface area (Å²) in [7, 11) is 3.31. The van der Waals surface area contributed by atoms with Gasteiger partial charge in [-0.05, 0) is 24.7 Å². The average Bonchev–Trinajstić information content (AvgIpc) is 3.24. The molecule has 0 bridgehead atoms. The molecule has 3 rings (SSSR count). The van der Waals surface area contributed by atoms with E-state index in [2.05, 4.69) is 15.3 Å². The van der Waals surface area contributed by atoms with Crippen molar-refractivity contribution in [2.45, 2.75) is 26.1 Å². The molecular formula is C18H21N5O4. The Morgan fingerprint density at radius 2 is 2.07 bits per heavy atom. The van der Waals surface area contributed by atoms with Gasteiger partial charge in [-0.2, -0.15) is 5.10 Å². The lowest BCUT2D eigenvalue weighted by atomic mass is 10.1. The van der Waals surface area contributed by atoms with Crippen molar-refractivity contribution in [3.63, 3.8) is 0 Å². The first-order valence-corrected chi connectivity index (χ1v) is 8.33. The zero-order chi connectivity index (χ0) is 19.4. The minimum Gasteiger partial charge on any atom is -0.497 e. The normalized spacial score (nSPS) is 12.3. The Bertz CT molecular complexity index is 903. The van der Waals surface area contributed by atoms with Gasteiger partial charge in [-0.3, -0.25) is 14.4 Å². The van der Waals surface area contributed by atoms with E-state index in [1.807, 2.05) is 24.3 Å². The largest absolute Gasteiger partial charge is 0.497 e. The highest BCUT2D eigenvalue weighted by Crippen LogP contribution is 2.22. The van der Waals surface area contributed by atoms with E-state index in [4.69, 9.17) is 9.15 Å². The predicted molar refractivity (Wildman–Crippen MR) is 95.2 cm³/mol. The molecule has 1 atom stereocenters. The Morgan fingerprint density at radius 1 is 1.33 bits per heavy atom. The van der Waals surface area contributed by atoms with E-state index >= 15 is 0 Å². The van der Waals surface area contributed by atoms with Crippen LogP contribution in [0.1, 0.15) is 29.0 Å². The maximum Gasteiger partial charge on any atom is 0.325 e. The van der Waals surface area contributed by atoms with Crippen LogP contribution in [-0.4, -0.2) is 50.1 Å². The molecule has 27 heavy (non-hydrogen) atoms. The summed E-state index contributed by atoms with van der Waals surface area (Å²) in [6.07, 6.45) is 3.30. The van der Waals surface area contributed by atoms with Crippen LogP contribution in [0.3, 0.4) is 0 Å². The molecule has 0 saturated carbocycles. The highest BCUT2D eigenvalue weighted by molar-refractivity contribution is 5.75. The number of methoxy groups -OCH3 is 1. The number of rotatable bonds is 8. The molecule has 0 unspecified atom stereocenters. The molecule has 1 N–H and O–H groups in total. The van der Waals surface area contributed by atoms with Crippen molar-refractivity contribution in [2.24, 2.45) is 0 Å². The van der Waals surface area contributed by atoms with E-state index in [9.17, 15) is 9.90 Å². The smallest absolute Gasteiger partial charge is 0.325 e. The third-order valence-electron chi connectivity index (χ3n) is 4.10. The number of carboxylic acid groups (broad SMARTS) is 1. The van der Waals surface area contributed by atoms with Crippen molar-refractivity contribution >= 4 is 5.97 Å². The maximum atomic E-state index is 11.8. The molecule has 2 aromatic heterocycles. The van der Waals surface area contributed by atoms with Gasteiger partial charge in [0, 0.05) is 18.7 Å². The molecule has 0 aliphatic rings. The van der Waals surface area contributed by atoms with Crippen molar-refractivity contribution in [2.75, 3.05) is 14.2 Å². The first kappa shape index (κ1) is 18.6. The van der Waals surface area contributed by atoms with Crippen LogP contribution in [0, 0.1) is 6.92 Å². The Morgan fingerprint density at radius 3 is 2.67 bits per heavy atom. The summed E-state index contributed by atoms with van der Waals surface area (Å²) in [5.41, 5.74) is 1.61. The van der Waals surface area contributed by atoms with Gasteiger partial charge in [0.1, 0.15) is 11.8 Å². The number of aryl methyl sites for hydroxylation is 1. The molecule has 0 fully saturated rings. The lowest BCUT2D eigenvalue weighted by Crippen LogP contribution is -2.30. The predicted octanol–water partition coefficient (Wildman–Crippen LogP) is 1.89. The van der Waals surface area contributed by atoms with Gasteiger partial charge in [0.05, 0.1) is 26.4 Å². The van der Waals surface area contributed by atoms with Crippen molar-refractivity contribution in [1.29, 1.82) is 0 Å². The first-order chi connectivity index (χ1) is 13.0. The summed E-state index contributed by atoms with van der Waals surface area (Å²) in [6.45, 7) is 2.44. The SMILES string of the molecule is COc1ccc(Cn2cc([C@@H](C(=O)O)N(C)Cc3nnc(C)o3)cn2)cc1. The van der Waals surface area contributed by atoms with Gasteiger partial charge >= 0.3 is 5.97 Å². The highest BCUT2D eigenvalue weighted by Gasteiger charge is 2.27. The molecule has 1 aromatic carbocycles. The standard InChI is InChI=1S/C18H21N5O4/c1-12-20-21-16(27-12)11-22(2)17(18(24)25)14-8-19-23(10-14)9-13-4-6-15(26-3)7-5-13/h4-8,10,17H,9,11H2,1-3H3,(H,24,25)/t17-/m0/s1. The van der Waals surface area contributed by atoms with Gasteiger partial charge < -0.3 is 14.3 Å². The van der Waals surface area contributed by atoms with Crippen molar-refractivity contribution < 1.29 is 19.1 Å². The molecule has 0 spiro atoms. The summed E-state index contributed by atoms with van der Waals surface area (Å²) >= 11 is 0. The van der Waals surface area contributed by atoms with Crippen LogP contribution in [0.4, 0.5) is 0 Å². The number of hydrogen-bond acceptors (Lipinski definition) is 7. The lowest BCUT2D eigenvalue weighted by molar-refractivity contribution is -0.143. The monoisotopic (exact) mass is 371 g/mol. The fourth-order valence-electron chi connectivity index (χ4n) is 2.82. The Labute approximate surface area is 156 Å². The van der Waals surface area contributed by atoms with E-state index in [0.717, 1.165) is 11.3 Å². The van der Waals surface area contributed by atoms with E-state index in [0.29, 0.717) is 23.9 Å².